The zero-order chi connectivity index (χ0) is 13.5. The molecule has 102 valence electrons. The van der Waals surface area contributed by atoms with Crippen molar-refractivity contribution in [2.75, 3.05) is 18.5 Å². The summed E-state index contributed by atoms with van der Waals surface area (Å²) in [6.07, 6.45) is 4.92. The minimum atomic E-state index is 0.0351. The summed E-state index contributed by atoms with van der Waals surface area (Å²) in [5.41, 5.74) is 1.79. The molecule has 6 heteroatoms. The maximum atomic E-state index is 9.50. The van der Waals surface area contributed by atoms with Gasteiger partial charge in [-0.15, -0.1) is 0 Å². The van der Waals surface area contributed by atoms with E-state index in [1.807, 2.05) is 14.0 Å². The number of aliphatic hydroxyl groups is 1. The fourth-order valence-electron chi connectivity index (χ4n) is 2.75. The normalized spacial score (nSPS) is 17.4. The highest BCUT2D eigenvalue weighted by molar-refractivity contribution is 5.89. The number of fused-ring (bicyclic) bond motifs is 1. The van der Waals surface area contributed by atoms with Crippen LogP contribution in [0.2, 0.25) is 0 Å². The molecule has 0 unspecified atom stereocenters. The Morgan fingerprint density at radius 3 is 2.84 bits per heavy atom. The fourth-order valence-corrected chi connectivity index (χ4v) is 2.75. The van der Waals surface area contributed by atoms with Crippen molar-refractivity contribution in [2.45, 2.75) is 26.2 Å². The molecule has 2 aromatic heterocycles. The molecule has 2 heterocycles. The summed E-state index contributed by atoms with van der Waals surface area (Å²) in [4.78, 5) is 8.58. The summed E-state index contributed by atoms with van der Waals surface area (Å²) in [5, 5.41) is 18.2. The molecule has 0 saturated heterocycles. The second-order valence-electron chi connectivity index (χ2n) is 5.50. The molecular formula is C13H19N5O. The molecule has 1 saturated carbocycles. The molecule has 0 aliphatic heterocycles. The third kappa shape index (κ3) is 1.96. The summed E-state index contributed by atoms with van der Waals surface area (Å²) in [7, 11) is 1.88. The predicted octanol–water partition coefficient (Wildman–Crippen LogP) is 1.25. The van der Waals surface area contributed by atoms with Crippen LogP contribution in [0.25, 0.3) is 11.0 Å². The predicted molar refractivity (Wildman–Crippen MR) is 72.9 cm³/mol. The van der Waals surface area contributed by atoms with Crippen molar-refractivity contribution in [3.8, 4) is 0 Å². The van der Waals surface area contributed by atoms with Crippen molar-refractivity contribution in [1.29, 1.82) is 0 Å². The number of aliphatic hydroxyl groups excluding tert-OH is 1. The van der Waals surface area contributed by atoms with Gasteiger partial charge in [0.25, 0.3) is 0 Å². The largest absolute Gasteiger partial charge is 0.396 e. The first-order chi connectivity index (χ1) is 9.15. The summed E-state index contributed by atoms with van der Waals surface area (Å²) < 4.78 is 1.77. The van der Waals surface area contributed by atoms with Crippen LogP contribution in [-0.4, -0.2) is 38.0 Å². The van der Waals surface area contributed by atoms with Gasteiger partial charge in [-0.2, -0.15) is 5.10 Å². The van der Waals surface area contributed by atoms with Crippen molar-refractivity contribution in [3.05, 3.63) is 12.0 Å². The SMILES string of the molecule is Cc1nn(C)c2ncnc(NCC3(CO)CCC3)c12. The fraction of sp³-hybridized carbons (Fsp3) is 0.615. The van der Waals surface area contributed by atoms with E-state index in [9.17, 15) is 5.11 Å². The number of aromatic nitrogens is 4. The molecule has 0 bridgehead atoms. The highest BCUT2D eigenvalue weighted by Crippen LogP contribution is 2.40. The van der Waals surface area contributed by atoms with E-state index in [0.717, 1.165) is 41.9 Å². The monoisotopic (exact) mass is 261 g/mol. The number of hydrogen-bond donors (Lipinski definition) is 2. The van der Waals surface area contributed by atoms with Crippen LogP contribution in [0, 0.1) is 12.3 Å². The lowest BCUT2D eigenvalue weighted by atomic mass is 9.69. The van der Waals surface area contributed by atoms with Gasteiger partial charge >= 0.3 is 0 Å². The molecule has 0 amide bonds. The summed E-state index contributed by atoms with van der Waals surface area (Å²) in [5.74, 6) is 0.815. The van der Waals surface area contributed by atoms with Gasteiger partial charge in [0.2, 0.25) is 0 Å². The van der Waals surface area contributed by atoms with Gasteiger partial charge in [0.1, 0.15) is 12.1 Å². The van der Waals surface area contributed by atoms with Crippen LogP contribution in [0.5, 0.6) is 0 Å². The van der Waals surface area contributed by atoms with Crippen LogP contribution >= 0.6 is 0 Å². The number of nitrogens with one attached hydrogen (secondary N) is 1. The van der Waals surface area contributed by atoms with Crippen molar-refractivity contribution < 1.29 is 5.11 Å². The van der Waals surface area contributed by atoms with Gasteiger partial charge in [-0.3, -0.25) is 4.68 Å². The van der Waals surface area contributed by atoms with E-state index in [4.69, 9.17) is 0 Å². The van der Waals surface area contributed by atoms with E-state index in [-0.39, 0.29) is 12.0 Å². The lowest BCUT2D eigenvalue weighted by Crippen LogP contribution is -2.40. The minimum Gasteiger partial charge on any atom is -0.396 e. The highest BCUT2D eigenvalue weighted by Gasteiger charge is 2.36. The lowest BCUT2D eigenvalue weighted by molar-refractivity contribution is 0.0576. The molecule has 3 rings (SSSR count). The second-order valence-corrected chi connectivity index (χ2v) is 5.50. The molecule has 2 aromatic rings. The lowest BCUT2D eigenvalue weighted by Gasteiger charge is -2.40. The van der Waals surface area contributed by atoms with Crippen LogP contribution in [0.1, 0.15) is 25.0 Å². The van der Waals surface area contributed by atoms with Crippen LogP contribution < -0.4 is 5.32 Å². The van der Waals surface area contributed by atoms with Crippen LogP contribution in [0.3, 0.4) is 0 Å². The van der Waals surface area contributed by atoms with Crippen molar-refractivity contribution in [3.63, 3.8) is 0 Å². The van der Waals surface area contributed by atoms with Gasteiger partial charge in [-0.1, -0.05) is 6.42 Å². The van der Waals surface area contributed by atoms with E-state index >= 15 is 0 Å². The maximum Gasteiger partial charge on any atom is 0.163 e. The molecule has 0 atom stereocenters. The summed E-state index contributed by atoms with van der Waals surface area (Å²) in [6, 6.07) is 0. The van der Waals surface area contributed by atoms with E-state index < -0.39 is 0 Å². The van der Waals surface area contributed by atoms with Gasteiger partial charge in [-0.05, 0) is 19.8 Å². The Morgan fingerprint density at radius 1 is 1.42 bits per heavy atom. The third-order valence-electron chi connectivity index (χ3n) is 4.18. The van der Waals surface area contributed by atoms with Crippen LogP contribution in [0.4, 0.5) is 5.82 Å². The van der Waals surface area contributed by atoms with E-state index in [2.05, 4.69) is 20.4 Å². The number of rotatable bonds is 4. The Hall–Kier alpha value is -1.69. The molecule has 2 N–H and O–H groups in total. The molecule has 1 aliphatic rings. The standard InChI is InChI=1S/C13H19N5O/c1-9-10-11(14-6-13(7-19)4-3-5-13)15-8-16-12(10)18(2)17-9/h8,19H,3-7H2,1-2H3,(H,14,15,16). The smallest absolute Gasteiger partial charge is 0.163 e. The first-order valence-corrected chi connectivity index (χ1v) is 6.64. The molecule has 0 aromatic carbocycles. The Labute approximate surface area is 111 Å². The average Bonchev–Trinajstić information content (AvgIpc) is 2.65. The van der Waals surface area contributed by atoms with Gasteiger partial charge in [-0.25, -0.2) is 9.97 Å². The quantitative estimate of drug-likeness (QED) is 0.866. The number of hydrogen-bond acceptors (Lipinski definition) is 5. The van der Waals surface area contributed by atoms with Crippen molar-refractivity contribution in [2.24, 2.45) is 12.5 Å². The Bertz CT molecular complexity index is 597. The summed E-state index contributed by atoms with van der Waals surface area (Å²) in [6.45, 7) is 2.95. The van der Waals surface area contributed by atoms with Gasteiger partial charge in [0.05, 0.1) is 17.7 Å². The highest BCUT2D eigenvalue weighted by atomic mass is 16.3. The topological polar surface area (TPSA) is 75.9 Å². The van der Waals surface area contributed by atoms with Crippen molar-refractivity contribution >= 4 is 16.9 Å². The number of nitrogens with zero attached hydrogens (tertiary/aromatic N) is 4. The number of anilines is 1. The Balaban J connectivity index is 1.89. The summed E-state index contributed by atoms with van der Waals surface area (Å²) >= 11 is 0. The Kier molecular flexibility index (Phi) is 2.89. The van der Waals surface area contributed by atoms with Gasteiger partial charge < -0.3 is 10.4 Å². The van der Waals surface area contributed by atoms with Crippen LogP contribution in [0.15, 0.2) is 6.33 Å². The third-order valence-corrected chi connectivity index (χ3v) is 4.18. The molecule has 1 fully saturated rings. The maximum absolute atomic E-state index is 9.50. The van der Waals surface area contributed by atoms with E-state index in [0.29, 0.717) is 0 Å². The van der Waals surface area contributed by atoms with E-state index in [1.165, 1.54) is 6.42 Å². The van der Waals surface area contributed by atoms with Crippen LogP contribution in [-0.2, 0) is 7.05 Å². The Morgan fingerprint density at radius 2 is 2.21 bits per heavy atom. The second kappa shape index (κ2) is 4.45. The molecular weight excluding hydrogens is 242 g/mol. The molecule has 6 nitrogen and oxygen atoms in total. The van der Waals surface area contributed by atoms with Gasteiger partial charge in [0, 0.05) is 19.0 Å². The molecule has 19 heavy (non-hydrogen) atoms. The minimum absolute atomic E-state index is 0.0351. The van der Waals surface area contributed by atoms with E-state index in [1.54, 1.807) is 11.0 Å². The average molecular weight is 261 g/mol. The van der Waals surface area contributed by atoms with Crippen molar-refractivity contribution in [1.82, 2.24) is 19.7 Å². The molecule has 0 radical (unpaired) electrons. The molecule has 0 spiro atoms. The number of aryl methyl sites for hydroxylation is 2. The first kappa shape index (κ1) is 12.3. The zero-order valence-electron chi connectivity index (χ0n) is 11.3. The van der Waals surface area contributed by atoms with Gasteiger partial charge in [0.15, 0.2) is 5.65 Å². The first-order valence-electron chi connectivity index (χ1n) is 6.64. The molecule has 1 aliphatic carbocycles. The zero-order valence-corrected chi connectivity index (χ0v) is 11.3.